The third-order valence-corrected chi connectivity index (χ3v) is 9.21. The Morgan fingerprint density at radius 1 is 0.833 bits per heavy atom. The van der Waals surface area contributed by atoms with Crippen molar-refractivity contribution in [3.8, 4) is 11.5 Å². The van der Waals surface area contributed by atoms with Gasteiger partial charge in [-0.2, -0.15) is 4.73 Å². The van der Waals surface area contributed by atoms with Crippen LogP contribution in [0.5, 0.6) is 11.5 Å². The van der Waals surface area contributed by atoms with Crippen molar-refractivity contribution < 1.29 is 28.8 Å². The normalized spacial score (nSPS) is 19.0. The highest BCUT2D eigenvalue weighted by Crippen LogP contribution is 2.43. The Morgan fingerprint density at radius 3 is 2.21 bits per heavy atom. The number of amides is 2. The fourth-order valence-electron chi connectivity index (χ4n) is 5.38. The maximum Gasteiger partial charge on any atom is 0.319 e. The van der Waals surface area contributed by atoms with E-state index in [0.717, 1.165) is 32.7 Å². The van der Waals surface area contributed by atoms with Crippen molar-refractivity contribution in [2.75, 3.05) is 11.1 Å². The van der Waals surface area contributed by atoms with Gasteiger partial charge in [-0.05, 0) is 59.2 Å². The fourth-order valence-corrected chi connectivity index (χ4v) is 6.46. The molecule has 4 unspecified atom stereocenters. The van der Waals surface area contributed by atoms with E-state index in [1.54, 1.807) is 36.4 Å². The molecule has 9 nitrogen and oxygen atoms in total. The van der Waals surface area contributed by atoms with E-state index < -0.39 is 6.29 Å². The molecule has 0 aliphatic carbocycles. The molecule has 0 bridgehead atoms. The van der Waals surface area contributed by atoms with Gasteiger partial charge >= 0.3 is 6.03 Å². The molecular formula is C38H37N3O6S. The molecule has 6 rings (SSSR count). The van der Waals surface area contributed by atoms with Gasteiger partial charge in [-0.15, -0.1) is 0 Å². The number of carbonyl (C=O) groups is 1. The smallest absolute Gasteiger partial charge is 0.319 e. The number of anilines is 1. The van der Waals surface area contributed by atoms with Crippen LogP contribution in [0.15, 0.2) is 133 Å². The maximum absolute atomic E-state index is 12.6. The number of aliphatic hydroxyl groups is 1. The first kappa shape index (κ1) is 33.0. The van der Waals surface area contributed by atoms with Crippen LogP contribution in [0.1, 0.15) is 41.6 Å². The minimum Gasteiger partial charge on any atom is -0.618 e. The Labute approximate surface area is 284 Å². The lowest BCUT2D eigenvalue weighted by Gasteiger charge is -2.41. The highest BCUT2D eigenvalue weighted by atomic mass is 32.2. The number of pyridine rings is 1. The molecule has 0 saturated carbocycles. The zero-order valence-electron chi connectivity index (χ0n) is 26.4. The van der Waals surface area contributed by atoms with Crippen molar-refractivity contribution in [1.82, 2.24) is 5.32 Å². The number of ether oxygens (including phenoxy) is 3. The summed E-state index contributed by atoms with van der Waals surface area (Å²) in [4.78, 5) is 12.6. The summed E-state index contributed by atoms with van der Waals surface area (Å²) in [5.74, 6) is 1.98. The second kappa shape index (κ2) is 15.8. The molecule has 1 fully saturated rings. The van der Waals surface area contributed by atoms with Crippen LogP contribution >= 0.6 is 11.8 Å². The molecule has 246 valence electrons. The van der Waals surface area contributed by atoms with Gasteiger partial charge in [0.2, 0.25) is 0 Å². The third-order valence-electron chi connectivity index (χ3n) is 8.10. The SMILES string of the molecule is CC1C(CSc2cccc[n+]2[O-])OC(c2ccc(CNC(=O)Nc3ccc(Oc4ccccc4)cc3)cc2)OC1c1ccc(CO)cc1. The van der Waals surface area contributed by atoms with Gasteiger partial charge in [0.05, 0.1) is 18.8 Å². The van der Waals surface area contributed by atoms with Crippen molar-refractivity contribution in [1.29, 1.82) is 0 Å². The number of rotatable bonds is 11. The molecule has 2 amide bonds. The molecule has 1 aliphatic rings. The minimum atomic E-state index is -0.636. The predicted molar refractivity (Wildman–Crippen MR) is 184 cm³/mol. The van der Waals surface area contributed by atoms with Crippen LogP contribution in [0.2, 0.25) is 0 Å². The number of carbonyl (C=O) groups excluding carboxylic acids is 1. The number of aliphatic hydroxyl groups excluding tert-OH is 1. The summed E-state index contributed by atoms with van der Waals surface area (Å²) < 4.78 is 19.7. The lowest BCUT2D eigenvalue weighted by atomic mass is 9.91. The van der Waals surface area contributed by atoms with Gasteiger partial charge in [0.1, 0.15) is 11.5 Å². The topological polar surface area (TPSA) is 116 Å². The van der Waals surface area contributed by atoms with Gasteiger partial charge in [-0.3, -0.25) is 0 Å². The van der Waals surface area contributed by atoms with Crippen molar-refractivity contribution in [3.05, 3.63) is 155 Å². The number of urea groups is 1. The molecule has 0 spiro atoms. The Balaban J connectivity index is 1.07. The second-order valence-electron chi connectivity index (χ2n) is 11.5. The van der Waals surface area contributed by atoms with E-state index in [0.29, 0.717) is 28.8 Å². The van der Waals surface area contributed by atoms with Crippen LogP contribution in [0, 0.1) is 11.1 Å². The highest BCUT2D eigenvalue weighted by molar-refractivity contribution is 7.99. The first-order valence-corrected chi connectivity index (χ1v) is 16.7. The summed E-state index contributed by atoms with van der Waals surface area (Å²) in [7, 11) is 0. The minimum absolute atomic E-state index is 0.00730. The molecule has 4 aromatic carbocycles. The first-order valence-electron chi connectivity index (χ1n) is 15.7. The predicted octanol–water partition coefficient (Wildman–Crippen LogP) is 7.51. The van der Waals surface area contributed by atoms with Crippen molar-refractivity contribution in [2.24, 2.45) is 5.92 Å². The number of thioether (sulfide) groups is 1. The summed E-state index contributed by atoms with van der Waals surface area (Å²) in [6.45, 7) is 2.39. The largest absolute Gasteiger partial charge is 0.618 e. The van der Waals surface area contributed by atoms with Crippen LogP contribution in [-0.4, -0.2) is 23.0 Å². The van der Waals surface area contributed by atoms with Crippen LogP contribution in [0.4, 0.5) is 10.5 Å². The molecule has 48 heavy (non-hydrogen) atoms. The van der Waals surface area contributed by atoms with Crippen LogP contribution in [-0.2, 0) is 22.6 Å². The lowest BCUT2D eigenvalue weighted by Crippen LogP contribution is -2.39. The first-order chi connectivity index (χ1) is 23.4. The summed E-state index contributed by atoms with van der Waals surface area (Å²) >= 11 is 1.46. The van der Waals surface area contributed by atoms with Crippen molar-refractivity contribution >= 4 is 23.5 Å². The van der Waals surface area contributed by atoms with E-state index >= 15 is 0 Å². The highest BCUT2D eigenvalue weighted by Gasteiger charge is 2.38. The van der Waals surface area contributed by atoms with Gasteiger partial charge in [0.15, 0.2) is 12.5 Å². The molecule has 4 atom stereocenters. The summed E-state index contributed by atoms with van der Waals surface area (Å²) in [6.07, 6.45) is 0.385. The average molecular weight is 664 g/mol. The fraction of sp³-hybridized carbons (Fsp3) is 0.211. The Hall–Kier alpha value is -4.87. The van der Waals surface area contributed by atoms with Crippen molar-refractivity contribution in [2.45, 2.75) is 43.6 Å². The molecule has 0 radical (unpaired) electrons. The zero-order valence-corrected chi connectivity index (χ0v) is 27.2. The number of aromatic nitrogens is 1. The third kappa shape index (κ3) is 8.53. The molecule has 2 heterocycles. The molecule has 1 aliphatic heterocycles. The molecule has 10 heteroatoms. The Bertz CT molecular complexity index is 1770. The van der Waals surface area contributed by atoms with E-state index in [-0.39, 0.29) is 30.8 Å². The number of nitrogens with zero attached hydrogens (tertiary/aromatic N) is 1. The van der Waals surface area contributed by atoms with Gasteiger partial charge in [0.25, 0.3) is 5.03 Å². The van der Waals surface area contributed by atoms with Gasteiger partial charge < -0.3 is 35.2 Å². The van der Waals surface area contributed by atoms with E-state index in [1.807, 2.05) is 84.9 Å². The maximum atomic E-state index is 12.6. The average Bonchev–Trinajstić information content (AvgIpc) is 3.12. The molecule has 3 N–H and O–H groups in total. The number of benzene rings is 4. The van der Waals surface area contributed by atoms with E-state index in [1.165, 1.54) is 18.0 Å². The number of hydrogen-bond acceptors (Lipinski definition) is 7. The van der Waals surface area contributed by atoms with Gasteiger partial charge in [0, 0.05) is 41.6 Å². The van der Waals surface area contributed by atoms with Gasteiger partial charge in [-0.1, -0.05) is 85.4 Å². The quantitative estimate of drug-likeness (QED) is 0.0761. The van der Waals surface area contributed by atoms with Crippen LogP contribution in [0.3, 0.4) is 0 Å². The molecule has 1 saturated heterocycles. The Kier molecular flexibility index (Phi) is 10.9. The second-order valence-corrected chi connectivity index (χ2v) is 12.5. The summed E-state index contributed by atoms with van der Waals surface area (Å²) in [6, 6.07) is 37.3. The molecule has 1 aromatic heterocycles. The van der Waals surface area contributed by atoms with Crippen molar-refractivity contribution in [3.63, 3.8) is 0 Å². The number of nitrogens with one attached hydrogen (secondary N) is 2. The number of hydrogen-bond donors (Lipinski definition) is 3. The van der Waals surface area contributed by atoms with Crippen LogP contribution < -0.4 is 20.1 Å². The number of para-hydroxylation sites is 1. The van der Waals surface area contributed by atoms with Gasteiger partial charge in [-0.25, -0.2) is 4.79 Å². The summed E-state index contributed by atoms with van der Waals surface area (Å²) in [5, 5.41) is 28.1. The molecular weight excluding hydrogens is 627 g/mol. The van der Waals surface area contributed by atoms with E-state index in [4.69, 9.17) is 14.2 Å². The van der Waals surface area contributed by atoms with E-state index in [9.17, 15) is 15.1 Å². The lowest BCUT2D eigenvalue weighted by molar-refractivity contribution is -0.645. The monoisotopic (exact) mass is 663 g/mol. The Morgan fingerprint density at radius 2 is 1.50 bits per heavy atom. The summed E-state index contributed by atoms with van der Waals surface area (Å²) in [5.41, 5.74) is 4.23. The standard InChI is InChI=1S/C38H37N3O6S/c1-26-34(25-48-35-9-5-6-22-41(35)44)46-37(47-36(26)29-14-12-28(24-42)13-15-29)30-16-10-27(11-17-30)23-39-38(43)40-31-18-20-33(21-19-31)45-32-7-3-2-4-8-32/h2-22,26,34,36-37,42H,23-25H2,1H3,(H2,39,40,43). The zero-order chi connectivity index (χ0) is 33.3. The molecule has 5 aromatic rings. The van der Waals surface area contributed by atoms with E-state index in [2.05, 4.69) is 17.6 Å². The van der Waals surface area contributed by atoms with Crippen LogP contribution in [0.25, 0.3) is 0 Å².